The highest BCUT2D eigenvalue weighted by atomic mass is 35.5. The van der Waals surface area contributed by atoms with Gasteiger partial charge in [0.25, 0.3) is 10.0 Å². The lowest BCUT2D eigenvalue weighted by atomic mass is 10.2. The molecule has 14 heteroatoms. The summed E-state index contributed by atoms with van der Waals surface area (Å²) in [5.74, 6) is -0.717. The highest BCUT2D eigenvalue weighted by Crippen LogP contribution is 2.39. The Bertz CT molecular complexity index is 1240. The molecule has 0 spiro atoms. The van der Waals surface area contributed by atoms with Crippen LogP contribution in [0.5, 0.6) is 5.75 Å². The van der Waals surface area contributed by atoms with E-state index in [-0.39, 0.29) is 35.1 Å². The van der Waals surface area contributed by atoms with Crippen molar-refractivity contribution in [1.82, 2.24) is 4.72 Å². The van der Waals surface area contributed by atoms with E-state index in [1.54, 1.807) is 0 Å². The number of nitrogens with one attached hydrogen (secondary N) is 2. The van der Waals surface area contributed by atoms with Gasteiger partial charge < -0.3 is 9.84 Å². The second-order valence-corrected chi connectivity index (χ2v) is 10.7. The minimum Gasteiger partial charge on any atom is -0.485 e. The zero-order valence-corrected chi connectivity index (χ0v) is 18.3. The lowest BCUT2D eigenvalue weighted by Crippen LogP contribution is -2.48. The maximum absolute atomic E-state index is 13.5. The van der Waals surface area contributed by atoms with E-state index in [1.807, 2.05) is 0 Å². The number of hydrogen-bond donors (Lipinski definition) is 3. The van der Waals surface area contributed by atoms with Gasteiger partial charge in [-0.15, -0.1) is 0 Å². The Balaban J connectivity index is 2.06. The minimum atomic E-state index is -4.30. The summed E-state index contributed by atoms with van der Waals surface area (Å²) in [6, 6.07) is 6.86. The van der Waals surface area contributed by atoms with Crippen LogP contribution in [0.3, 0.4) is 0 Å². The molecule has 2 aromatic carbocycles. The molecule has 1 unspecified atom stereocenters. The summed E-state index contributed by atoms with van der Waals surface area (Å²) in [6.45, 7) is -0.521. The van der Waals surface area contributed by atoms with Gasteiger partial charge in [-0.1, -0.05) is 11.6 Å². The maximum Gasteiger partial charge on any atom is 0.409 e. The van der Waals surface area contributed by atoms with Crippen molar-refractivity contribution in [2.24, 2.45) is 0 Å². The molecule has 1 heterocycles. The molecule has 0 aromatic heterocycles. The van der Waals surface area contributed by atoms with Crippen LogP contribution in [0.4, 0.5) is 20.6 Å². The van der Waals surface area contributed by atoms with Crippen molar-refractivity contribution in [3.05, 3.63) is 47.2 Å². The Kier molecular flexibility index (Phi) is 6.32. The molecule has 1 atom stereocenters. The third-order valence-electron chi connectivity index (χ3n) is 4.19. The van der Waals surface area contributed by atoms with E-state index < -0.39 is 43.1 Å². The Morgan fingerprint density at radius 1 is 1.26 bits per heavy atom. The lowest BCUT2D eigenvalue weighted by molar-refractivity contribution is 0.203. The molecule has 0 saturated carbocycles. The molecule has 31 heavy (non-hydrogen) atoms. The number of sulfonamides is 2. The number of halogens is 2. The predicted molar refractivity (Wildman–Crippen MR) is 111 cm³/mol. The van der Waals surface area contributed by atoms with Crippen LogP contribution >= 0.6 is 11.6 Å². The van der Waals surface area contributed by atoms with Gasteiger partial charge in [0.15, 0.2) is 0 Å². The van der Waals surface area contributed by atoms with Gasteiger partial charge in [-0.25, -0.2) is 30.7 Å². The van der Waals surface area contributed by atoms with Crippen LogP contribution in [0.1, 0.15) is 0 Å². The first-order valence-corrected chi connectivity index (χ1v) is 12.3. The molecular formula is C17H17ClFN3O7S2. The fourth-order valence-electron chi connectivity index (χ4n) is 2.86. The van der Waals surface area contributed by atoms with E-state index in [4.69, 9.17) is 21.4 Å². The number of ether oxygens (including phenoxy) is 1. The van der Waals surface area contributed by atoms with E-state index in [2.05, 4.69) is 10.0 Å². The molecule has 0 fully saturated rings. The van der Waals surface area contributed by atoms with Crippen molar-refractivity contribution < 1.29 is 35.9 Å². The lowest BCUT2D eigenvalue weighted by Gasteiger charge is -2.35. The Labute approximate surface area is 182 Å². The monoisotopic (exact) mass is 493 g/mol. The number of amides is 1. The number of rotatable bonds is 6. The maximum atomic E-state index is 13.5. The molecule has 1 amide bonds. The molecule has 3 rings (SSSR count). The van der Waals surface area contributed by atoms with Crippen LogP contribution < -0.4 is 19.1 Å². The number of carboxylic acid groups (broad SMARTS) is 1. The van der Waals surface area contributed by atoms with E-state index in [0.717, 1.165) is 28.8 Å². The summed E-state index contributed by atoms with van der Waals surface area (Å²) >= 11 is 5.74. The molecule has 0 radical (unpaired) electrons. The first-order chi connectivity index (χ1) is 14.4. The number of carbonyl (C=O) groups is 1. The van der Waals surface area contributed by atoms with Gasteiger partial charge in [0.1, 0.15) is 17.7 Å². The van der Waals surface area contributed by atoms with E-state index in [0.29, 0.717) is 0 Å². The van der Waals surface area contributed by atoms with E-state index in [9.17, 15) is 26.0 Å². The van der Waals surface area contributed by atoms with Crippen LogP contribution in [-0.4, -0.2) is 53.5 Å². The number of hydrogen-bond acceptors (Lipinski definition) is 6. The first-order valence-electron chi connectivity index (χ1n) is 8.60. The summed E-state index contributed by atoms with van der Waals surface area (Å²) in [5, 5.41) is 10.6. The number of nitrogens with zero attached hydrogens (tertiary/aromatic N) is 1. The predicted octanol–water partition coefficient (Wildman–Crippen LogP) is 2.07. The average molecular weight is 494 g/mol. The zero-order chi connectivity index (χ0) is 23.0. The quantitative estimate of drug-likeness (QED) is 0.559. The molecule has 3 N–H and O–H groups in total. The van der Waals surface area contributed by atoms with Crippen molar-refractivity contribution >= 4 is 49.1 Å². The summed E-state index contributed by atoms with van der Waals surface area (Å²) in [4.78, 5) is 10.6. The van der Waals surface area contributed by atoms with Crippen molar-refractivity contribution in [2.75, 3.05) is 29.0 Å². The molecular weight excluding hydrogens is 477 g/mol. The van der Waals surface area contributed by atoms with E-state index >= 15 is 0 Å². The smallest absolute Gasteiger partial charge is 0.409 e. The first kappa shape index (κ1) is 23.1. The van der Waals surface area contributed by atoms with Gasteiger partial charge in [0, 0.05) is 12.2 Å². The summed E-state index contributed by atoms with van der Waals surface area (Å²) in [6.07, 6.45) is -1.30. The molecule has 2 aromatic rings. The van der Waals surface area contributed by atoms with Gasteiger partial charge >= 0.3 is 6.09 Å². The second-order valence-electron chi connectivity index (χ2n) is 6.59. The van der Waals surface area contributed by atoms with Crippen LogP contribution in [0.25, 0.3) is 0 Å². The van der Waals surface area contributed by atoms with Crippen LogP contribution in [-0.2, 0) is 20.0 Å². The SMILES string of the molecule is CS(=O)(=O)NCC1CN(S(=O)(=O)c2ccc(F)c(Cl)c2)c2cc(NC(=O)O)ccc2O1. The van der Waals surface area contributed by atoms with Crippen LogP contribution in [0.2, 0.25) is 5.02 Å². The fourth-order valence-corrected chi connectivity index (χ4v) is 5.12. The molecule has 0 aliphatic carbocycles. The minimum absolute atomic E-state index is 0.0160. The summed E-state index contributed by atoms with van der Waals surface area (Å²) in [7, 11) is -7.87. The summed E-state index contributed by atoms with van der Waals surface area (Å²) in [5.41, 5.74) is 0.0993. The fraction of sp³-hybridized carbons (Fsp3) is 0.235. The molecule has 0 saturated heterocycles. The molecule has 1 aliphatic heterocycles. The van der Waals surface area contributed by atoms with Gasteiger partial charge in [-0.3, -0.25) is 9.62 Å². The number of anilines is 2. The van der Waals surface area contributed by atoms with Crippen LogP contribution in [0.15, 0.2) is 41.3 Å². The van der Waals surface area contributed by atoms with Gasteiger partial charge in [0.2, 0.25) is 10.0 Å². The van der Waals surface area contributed by atoms with Gasteiger partial charge in [-0.2, -0.15) is 0 Å². The third kappa shape index (κ3) is 5.36. The average Bonchev–Trinajstić information content (AvgIpc) is 2.66. The number of benzene rings is 2. The third-order valence-corrected chi connectivity index (χ3v) is 6.95. The molecule has 1 aliphatic rings. The molecule has 168 valence electrons. The molecule has 10 nitrogen and oxygen atoms in total. The van der Waals surface area contributed by atoms with E-state index in [1.165, 1.54) is 18.2 Å². The van der Waals surface area contributed by atoms with Crippen molar-refractivity contribution in [2.45, 2.75) is 11.0 Å². The highest BCUT2D eigenvalue weighted by Gasteiger charge is 2.35. The topological polar surface area (TPSA) is 142 Å². The van der Waals surface area contributed by atoms with Gasteiger partial charge in [0.05, 0.1) is 28.4 Å². The number of fused-ring (bicyclic) bond motifs is 1. The zero-order valence-electron chi connectivity index (χ0n) is 15.9. The highest BCUT2D eigenvalue weighted by molar-refractivity contribution is 7.92. The Morgan fingerprint density at radius 2 is 1.97 bits per heavy atom. The summed E-state index contributed by atoms with van der Waals surface area (Å²) < 4.78 is 71.9. The molecule has 0 bridgehead atoms. The van der Waals surface area contributed by atoms with Crippen molar-refractivity contribution in [3.63, 3.8) is 0 Å². The standard InChI is InChI=1S/C17H17ClFN3O7S2/c1-30(25,26)20-8-11-9-22(31(27,28)12-3-4-14(19)13(18)7-12)15-6-10(21-17(23)24)2-5-16(15)29-11/h2-7,11,20-21H,8-9H2,1H3,(H,23,24). The second kappa shape index (κ2) is 8.49. The Morgan fingerprint density at radius 3 is 2.58 bits per heavy atom. The largest absolute Gasteiger partial charge is 0.485 e. The van der Waals surface area contributed by atoms with Crippen molar-refractivity contribution in [3.8, 4) is 5.75 Å². The normalized spacial score (nSPS) is 16.4. The van der Waals surface area contributed by atoms with Crippen molar-refractivity contribution in [1.29, 1.82) is 0 Å². The van der Waals surface area contributed by atoms with Gasteiger partial charge in [-0.05, 0) is 36.4 Å². The van der Waals surface area contributed by atoms with Crippen LogP contribution in [0, 0.1) is 5.82 Å². The Hall–Kier alpha value is -2.61.